The Bertz CT molecular complexity index is 806. The second-order valence-corrected chi connectivity index (χ2v) is 7.01. The summed E-state index contributed by atoms with van der Waals surface area (Å²) < 4.78 is 32.7. The minimum atomic E-state index is -3.82. The Kier molecular flexibility index (Phi) is 5.51. The molecule has 0 radical (unpaired) electrons. The second kappa shape index (κ2) is 7.21. The molecule has 0 bridgehead atoms. The maximum atomic E-state index is 12.5. The van der Waals surface area contributed by atoms with E-state index in [1.807, 2.05) is 13.8 Å². The van der Waals surface area contributed by atoms with Crippen molar-refractivity contribution in [3.05, 3.63) is 52.5 Å². The summed E-state index contributed by atoms with van der Waals surface area (Å²) in [5.41, 5.74) is 1.70. The average molecular weight is 356 g/mol. The van der Waals surface area contributed by atoms with Gasteiger partial charge in [-0.3, -0.25) is 4.72 Å². The summed E-state index contributed by atoms with van der Waals surface area (Å²) in [6.07, 6.45) is 0. The smallest absolute Gasteiger partial charge is 0.263 e. The number of hydrogen-bond acceptors (Lipinski definition) is 4. The van der Waals surface area contributed by atoms with Crippen molar-refractivity contribution in [2.75, 3.05) is 11.3 Å². The molecular formula is C16H18ClNO4S. The van der Waals surface area contributed by atoms with Crippen molar-refractivity contribution in [1.82, 2.24) is 0 Å². The highest BCUT2D eigenvalue weighted by Gasteiger charge is 2.18. The molecule has 124 valence electrons. The molecule has 0 saturated carbocycles. The van der Waals surface area contributed by atoms with E-state index in [0.29, 0.717) is 23.6 Å². The van der Waals surface area contributed by atoms with E-state index in [0.717, 1.165) is 5.56 Å². The maximum absolute atomic E-state index is 12.5. The third-order valence-electron chi connectivity index (χ3n) is 3.16. The molecule has 0 heterocycles. The van der Waals surface area contributed by atoms with Gasteiger partial charge in [0.25, 0.3) is 10.0 Å². The Morgan fingerprint density at radius 3 is 2.57 bits per heavy atom. The van der Waals surface area contributed by atoms with Crippen molar-refractivity contribution in [2.45, 2.75) is 25.3 Å². The normalized spacial score (nSPS) is 11.3. The molecule has 0 unspecified atom stereocenters. The van der Waals surface area contributed by atoms with Crippen molar-refractivity contribution < 1.29 is 18.3 Å². The first-order chi connectivity index (χ1) is 10.9. The Morgan fingerprint density at radius 1 is 1.22 bits per heavy atom. The highest BCUT2D eigenvalue weighted by molar-refractivity contribution is 7.92. The minimum absolute atomic E-state index is 0.00389. The zero-order valence-electron chi connectivity index (χ0n) is 12.8. The molecule has 23 heavy (non-hydrogen) atoms. The minimum Gasteiger partial charge on any atom is -0.494 e. The molecule has 7 heteroatoms. The van der Waals surface area contributed by atoms with Crippen LogP contribution < -0.4 is 9.46 Å². The summed E-state index contributed by atoms with van der Waals surface area (Å²) >= 11 is 6.03. The van der Waals surface area contributed by atoms with Crippen LogP contribution in [0, 0.1) is 6.92 Å². The first kappa shape index (κ1) is 17.6. The molecule has 2 aromatic carbocycles. The van der Waals surface area contributed by atoms with E-state index in [2.05, 4.69) is 4.72 Å². The van der Waals surface area contributed by atoms with Crippen LogP contribution in [0.15, 0.2) is 41.3 Å². The molecule has 0 atom stereocenters. The monoisotopic (exact) mass is 355 g/mol. The summed E-state index contributed by atoms with van der Waals surface area (Å²) in [7, 11) is -3.82. The van der Waals surface area contributed by atoms with Crippen molar-refractivity contribution in [3.8, 4) is 5.75 Å². The quantitative estimate of drug-likeness (QED) is 0.833. The molecule has 0 amide bonds. The lowest BCUT2D eigenvalue weighted by molar-refractivity contribution is 0.267. The Balaban J connectivity index is 2.33. The van der Waals surface area contributed by atoms with Crippen LogP contribution in [0.4, 0.5) is 5.69 Å². The zero-order chi connectivity index (χ0) is 17.0. The average Bonchev–Trinajstić information content (AvgIpc) is 2.48. The first-order valence-corrected chi connectivity index (χ1v) is 8.89. The SMILES string of the molecule is CCOc1ccc(NS(=O)(=O)c2ccc(C)cc2Cl)cc1CO. The lowest BCUT2D eigenvalue weighted by Crippen LogP contribution is -2.14. The fourth-order valence-corrected chi connectivity index (χ4v) is 3.75. The molecule has 2 N–H and O–H groups in total. The molecule has 5 nitrogen and oxygen atoms in total. The molecule has 0 aliphatic heterocycles. The molecule has 0 spiro atoms. The maximum Gasteiger partial charge on any atom is 0.263 e. The van der Waals surface area contributed by atoms with E-state index in [1.165, 1.54) is 12.1 Å². The molecular weight excluding hydrogens is 338 g/mol. The van der Waals surface area contributed by atoms with Gasteiger partial charge in [0.2, 0.25) is 0 Å². The molecule has 0 aliphatic rings. The van der Waals surface area contributed by atoms with E-state index in [9.17, 15) is 13.5 Å². The van der Waals surface area contributed by atoms with Gasteiger partial charge in [-0.25, -0.2) is 8.42 Å². The molecule has 0 fully saturated rings. The van der Waals surface area contributed by atoms with Crippen LogP contribution in [0.25, 0.3) is 0 Å². The van der Waals surface area contributed by atoms with Crippen LogP contribution in [-0.2, 0) is 16.6 Å². The van der Waals surface area contributed by atoms with Gasteiger partial charge in [-0.15, -0.1) is 0 Å². The van der Waals surface area contributed by atoms with Crippen molar-refractivity contribution in [2.24, 2.45) is 0 Å². The lowest BCUT2D eigenvalue weighted by Gasteiger charge is -2.13. The molecule has 0 aliphatic carbocycles. The number of hydrogen-bond donors (Lipinski definition) is 2. The number of aliphatic hydroxyl groups excluding tert-OH is 1. The number of nitrogens with one attached hydrogen (secondary N) is 1. The topological polar surface area (TPSA) is 75.6 Å². The lowest BCUT2D eigenvalue weighted by atomic mass is 10.2. The van der Waals surface area contributed by atoms with Gasteiger partial charge in [0, 0.05) is 11.3 Å². The Morgan fingerprint density at radius 2 is 1.96 bits per heavy atom. The summed E-state index contributed by atoms with van der Waals surface area (Å²) in [6, 6.07) is 9.45. The fraction of sp³-hybridized carbons (Fsp3) is 0.250. The van der Waals surface area contributed by atoms with Crippen LogP contribution in [-0.4, -0.2) is 20.1 Å². The number of sulfonamides is 1. The summed E-state index contributed by atoms with van der Waals surface area (Å²) in [4.78, 5) is 0.00389. The van der Waals surface area contributed by atoms with E-state index in [1.54, 1.807) is 24.3 Å². The number of rotatable bonds is 6. The number of anilines is 1. The zero-order valence-corrected chi connectivity index (χ0v) is 14.4. The molecule has 0 saturated heterocycles. The number of halogens is 1. The number of ether oxygens (including phenoxy) is 1. The summed E-state index contributed by atoms with van der Waals surface area (Å²) in [5.74, 6) is 0.520. The van der Waals surface area contributed by atoms with Crippen LogP contribution in [0.1, 0.15) is 18.1 Å². The Hall–Kier alpha value is -1.76. The van der Waals surface area contributed by atoms with Crippen LogP contribution in [0.5, 0.6) is 5.75 Å². The van der Waals surface area contributed by atoms with E-state index in [4.69, 9.17) is 16.3 Å². The Labute approximate surface area is 140 Å². The number of aryl methyl sites for hydroxylation is 1. The first-order valence-electron chi connectivity index (χ1n) is 7.03. The molecule has 2 rings (SSSR count). The second-order valence-electron chi connectivity index (χ2n) is 4.95. The van der Waals surface area contributed by atoms with E-state index in [-0.39, 0.29) is 16.5 Å². The molecule has 2 aromatic rings. The summed E-state index contributed by atoms with van der Waals surface area (Å²) in [6.45, 7) is 3.86. The summed E-state index contributed by atoms with van der Waals surface area (Å²) in [5, 5.41) is 9.54. The van der Waals surface area contributed by atoms with E-state index < -0.39 is 10.0 Å². The molecule has 0 aromatic heterocycles. The predicted octanol–water partition coefficient (Wildman–Crippen LogP) is 3.34. The highest BCUT2D eigenvalue weighted by atomic mass is 35.5. The van der Waals surface area contributed by atoms with Crippen LogP contribution >= 0.6 is 11.6 Å². The number of aliphatic hydroxyl groups is 1. The van der Waals surface area contributed by atoms with Gasteiger partial charge in [-0.1, -0.05) is 17.7 Å². The third-order valence-corrected chi connectivity index (χ3v) is 5.02. The van der Waals surface area contributed by atoms with Gasteiger partial charge in [-0.2, -0.15) is 0 Å². The standard InChI is InChI=1S/C16H18ClNO4S/c1-3-22-15-6-5-13(9-12(15)10-19)18-23(20,21)16-7-4-11(2)8-14(16)17/h4-9,18-19H,3,10H2,1-2H3. The van der Waals surface area contributed by atoms with Gasteiger partial charge < -0.3 is 9.84 Å². The number of benzene rings is 2. The van der Waals surface area contributed by atoms with Crippen molar-refractivity contribution in [1.29, 1.82) is 0 Å². The fourth-order valence-electron chi connectivity index (χ4n) is 2.10. The van der Waals surface area contributed by atoms with Gasteiger partial charge in [0.1, 0.15) is 10.6 Å². The third kappa shape index (κ3) is 4.16. The largest absolute Gasteiger partial charge is 0.494 e. The van der Waals surface area contributed by atoms with Gasteiger partial charge in [0.15, 0.2) is 0 Å². The van der Waals surface area contributed by atoms with Gasteiger partial charge in [-0.05, 0) is 49.7 Å². The van der Waals surface area contributed by atoms with Crippen LogP contribution in [0.3, 0.4) is 0 Å². The van der Waals surface area contributed by atoms with Crippen molar-refractivity contribution >= 4 is 27.3 Å². The van der Waals surface area contributed by atoms with E-state index >= 15 is 0 Å². The van der Waals surface area contributed by atoms with Crippen molar-refractivity contribution in [3.63, 3.8) is 0 Å². The van der Waals surface area contributed by atoms with Crippen LogP contribution in [0.2, 0.25) is 5.02 Å². The predicted molar refractivity (Wildman–Crippen MR) is 90.5 cm³/mol. The van der Waals surface area contributed by atoms with Gasteiger partial charge in [0.05, 0.1) is 18.2 Å². The van der Waals surface area contributed by atoms with Gasteiger partial charge >= 0.3 is 0 Å². The highest BCUT2D eigenvalue weighted by Crippen LogP contribution is 2.27.